The van der Waals surface area contributed by atoms with Crippen LogP contribution in [-0.2, 0) is 11.2 Å². The van der Waals surface area contributed by atoms with Crippen LogP contribution >= 0.6 is 207 Å². The molecule has 0 bridgehead atoms. The molecule has 13 aromatic carbocycles. The van der Waals surface area contributed by atoms with Crippen molar-refractivity contribution in [2.45, 2.75) is 25.2 Å². The van der Waals surface area contributed by atoms with Gasteiger partial charge in [0.2, 0.25) is 0 Å². The summed E-state index contributed by atoms with van der Waals surface area (Å²) in [5, 5.41) is 14.7. The highest BCUT2D eigenvalue weighted by Gasteiger charge is 2.13. The summed E-state index contributed by atoms with van der Waals surface area (Å²) in [5.41, 5.74) is 28.9. The quantitative estimate of drug-likeness (QED) is 0.0294. The van der Waals surface area contributed by atoms with Gasteiger partial charge in [0.25, 0.3) is 6.47 Å². The van der Waals surface area contributed by atoms with Crippen LogP contribution in [0.1, 0.15) is 18.1 Å². The molecule has 13 nitrogen and oxygen atoms in total. The molecular weight excluding hydrogens is 2260 g/mol. The molecule has 18 rings (SSSR count). The smallest absolute Gasteiger partial charge is 0.298 e. The lowest BCUT2D eigenvalue weighted by Crippen LogP contribution is -2.07. The summed E-state index contributed by atoms with van der Waals surface area (Å²) in [6.45, 7) is 4.58. The van der Waals surface area contributed by atoms with E-state index in [-0.39, 0.29) is 5.82 Å². The van der Waals surface area contributed by atoms with Crippen molar-refractivity contribution in [3.05, 3.63) is 324 Å². The number of rotatable bonds is 12. The van der Waals surface area contributed by atoms with Crippen LogP contribution in [0.3, 0.4) is 0 Å². The number of nitrogens with one attached hydrogen (secondary N) is 3. The summed E-state index contributed by atoms with van der Waals surface area (Å²) in [7, 11) is 11.4. The number of ether oxygens (including phenoxy) is 1. The lowest BCUT2D eigenvalue weighted by molar-refractivity contribution is -0.120. The molecule has 0 spiro atoms. The van der Waals surface area contributed by atoms with Gasteiger partial charge in [-0.05, 0) is 371 Å². The van der Waals surface area contributed by atoms with E-state index in [4.69, 9.17) is 10.7 Å². The number of nitrogen functional groups attached to an aromatic ring is 1. The number of hydrogen-bond donors (Lipinski definition) is 6. The molecular formula is C93H81Br3FI4N11O2S6. The SMILES string of the molecule is Brc1ccc2nc(-c3ccc(I)cc3)sc2c1.CCc1ccc(F)cc1.CN.CN(C)c1ccc(-c2nc3ccc(I)cc3s2)cc1.CNc1ccc(-c2nc3ccc(Br)cc3s2)cc1.CNc1ccc(-c2nc3ccc(C)cc3s2)cc1.CNc1ccc(-c2nc3ccc(I)cc3s2)cc1.Nc1ccc(Br)cc1S.O=COc1ccc(I)cc1. The van der Waals surface area contributed by atoms with Crippen molar-refractivity contribution in [1.82, 2.24) is 24.9 Å². The Kier molecular flexibility index (Phi) is 37.7. The van der Waals surface area contributed by atoms with Gasteiger partial charge in [0.05, 0.1) is 51.1 Å². The number of carbonyl (C=O) groups is 1. The van der Waals surface area contributed by atoms with Gasteiger partial charge in [-0.2, -0.15) is 0 Å². The van der Waals surface area contributed by atoms with Crippen molar-refractivity contribution in [1.29, 1.82) is 0 Å². The van der Waals surface area contributed by atoms with Crippen LogP contribution in [0.4, 0.5) is 32.8 Å². The number of thiazole rings is 5. The average Bonchev–Trinajstić information content (AvgIpc) is 1.69. The number of aromatic nitrogens is 5. The summed E-state index contributed by atoms with van der Waals surface area (Å²) >= 11 is 32.2. The van der Waals surface area contributed by atoms with Gasteiger partial charge in [-0.3, -0.25) is 4.79 Å². The standard InChI is InChI=1S/C15H13IN2S.C15H14N2S.C14H11BrN2S.C14H11IN2S.C13H7BrINS.C8H9F.C7H5IO2.C6H6BrNS.CH5N/c1-18(2)12-6-3-10(4-7-12)15-17-13-8-5-11(16)9-14(13)19-15;1-10-3-8-13-14(9-10)18-15(17-13)11-4-6-12(16-2)7-5-11;2*1-16-11-5-2-9(3-6-11)14-17-12-7-4-10(15)8-13(12)18-14;14-9-3-6-11-12(7-9)17-13(16-11)8-1-4-10(15)5-2-8;1-2-7-3-5-8(9)6-4-7;8-6-1-3-7(4-2-6)10-5-9;7-4-1-2-5(8)6(9)3-4;1-2/h3-9H,1-2H3;3-9,16H,1-2H3;2*2-8,16H,1H3;1-7H;3-6H,2H2,1H3;1-5H;1-3,9H,8H2;2H2,1H3. The average molecular weight is 2340 g/mol. The normalized spacial score (nSPS) is 10.3. The zero-order valence-corrected chi connectivity index (χ0v) is 84.4. The molecule has 612 valence electrons. The summed E-state index contributed by atoms with van der Waals surface area (Å²) in [4.78, 5) is 36.1. The molecule has 27 heteroatoms. The van der Waals surface area contributed by atoms with Crippen molar-refractivity contribution < 1.29 is 13.9 Å². The molecule has 0 saturated heterocycles. The molecule has 0 radical (unpaired) electrons. The number of fused-ring (bicyclic) bond motifs is 5. The van der Waals surface area contributed by atoms with Crippen molar-refractivity contribution in [2.24, 2.45) is 5.73 Å². The first-order valence-electron chi connectivity index (χ1n) is 36.9. The fourth-order valence-electron chi connectivity index (χ4n) is 10.9. The second-order valence-electron chi connectivity index (χ2n) is 25.8. The molecule has 5 heterocycles. The number of aryl methyl sites for hydroxylation is 2. The molecule has 120 heavy (non-hydrogen) atoms. The van der Waals surface area contributed by atoms with Gasteiger partial charge in [-0.1, -0.05) is 85.0 Å². The Hall–Kier alpha value is -7.62. The predicted molar refractivity (Wildman–Crippen MR) is 564 cm³/mol. The van der Waals surface area contributed by atoms with E-state index in [0.29, 0.717) is 17.9 Å². The number of anilines is 5. The highest BCUT2D eigenvalue weighted by Crippen LogP contribution is 2.38. The van der Waals surface area contributed by atoms with E-state index in [1.54, 1.807) is 80.9 Å². The first-order valence-corrected chi connectivity index (χ1v) is 48.1. The highest BCUT2D eigenvalue weighted by molar-refractivity contribution is 14.1. The fraction of sp³-hybridized carbons (Fsp3) is 0.0968. The minimum absolute atomic E-state index is 0.160. The summed E-state index contributed by atoms with van der Waals surface area (Å²) in [6, 6.07) is 92.9. The number of carbonyl (C=O) groups excluding carboxylic acids is 1. The lowest BCUT2D eigenvalue weighted by Gasteiger charge is -2.11. The van der Waals surface area contributed by atoms with E-state index in [1.165, 1.54) is 92.5 Å². The molecule has 0 amide bonds. The molecule has 18 aromatic rings. The third-order valence-corrected chi connectivity index (χ3v) is 27.2. The van der Waals surface area contributed by atoms with E-state index in [0.717, 1.165) is 104 Å². The first-order chi connectivity index (χ1) is 58.0. The van der Waals surface area contributed by atoms with Crippen LogP contribution in [-0.4, -0.2) is 73.7 Å². The minimum atomic E-state index is -0.160. The number of nitrogens with two attached hydrogens (primary N) is 2. The molecule has 5 aromatic heterocycles. The lowest BCUT2D eigenvalue weighted by atomic mass is 10.2. The molecule has 0 atom stereocenters. The number of hydrogen-bond acceptors (Lipinski definition) is 19. The van der Waals surface area contributed by atoms with Gasteiger partial charge in [0.1, 0.15) is 36.6 Å². The van der Waals surface area contributed by atoms with Crippen LogP contribution in [0.2, 0.25) is 0 Å². The second-order valence-corrected chi connectivity index (χ2v) is 39.2. The minimum Gasteiger partial charge on any atom is -0.429 e. The number of thiol groups is 1. The fourth-order valence-corrected chi connectivity index (χ4v) is 19.9. The Morgan fingerprint density at radius 3 is 1.07 bits per heavy atom. The summed E-state index contributed by atoms with van der Waals surface area (Å²) in [5.74, 6) is 0.419. The van der Waals surface area contributed by atoms with E-state index < -0.39 is 0 Å². The maximum absolute atomic E-state index is 12.2. The molecule has 0 aliphatic rings. The predicted octanol–water partition coefficient (Wildman–Crippen LogP) is 29.8. The van der Waals surface area contributed by atoms with Crippen molar-refractivity contribution >= 4 is 293 Å². The molecule has 7 N–H and O–H groups in total. The number of nitrogens with zero attached hydrogens (tertiary/aromatic N) is 6. The van der Waals surface area contributed by atoms with Gasteiger partial charge in [0, 0.05) is 124 Å². The van der Waals surface area contributed by atoms with Crippen LogP contribution in [0.5, 0.6) is 5.75 Å². The molecule has 0 unspecified atom stereocenters. The molecule has 0 saturated carbocycles. The number of benzene rings is 13. The Bertz CT molecular complexity index is 6010. The van der Waals surface area contributed by atoms with Gasteiger partial charge in [-0.15, -0.1) is 69.3 Å². The van der Waals surface area contributed by atoms with E-state index in [1.807, 2.05) is 82.7 Å². The maximum Gasteiger partial charge on any atom is 0.298 e. The summed E-state index contributed by atoms with van der Waals surface area (Å²) in [6.07, 6.45) is 0.972. The monoisotopic (exact) mass is 2340 g/mol. The van der Waals surface area contributed by atoms with Crippen LogP contribution in [0.25, 0.3) is 104 Å². The van der Waals surface area contributed by atoms with Gasteiger partial charge in [0.15, 0.2) is 0 Å². The molecule has 0 fully saturated rings. The molecule has 0 aliphatic carbocycles. The van der Waals surface area contributed by atoms with E-state index in [2.05, 4.69) is 411 Å². The first kappa shape index (κ1) is 94.6. The third-order valence-electron chi connectivity index (χ3n) is 17.2. The van der Waals surface area contributed by atoms with E-state index in [9.17, 15) is 9.18 Å². The Labute approximate surface area is 804 Å². The second kappa shape index (κ2) is 47.9. The maximum atomic E-state index is 12.2. The van der Waals surface area contributed by atoms with Gasteiger partial charge in [-0.25, -0.2) is 29.3 Å². The summed E-state index contributed by atoms with van der Waals surface area (Å²) < 4.78 is 31.0. The largest absolute Gasteiger partial charge is 0.429 e. The third kappa shape index (κ3) is 28.5. The Morgan fingerprint density at radius 2 is 0.725 bits per heavy atom. The van der Waals surface area contributed by atoms with Crippen LogP contribution in [0, 0.1) is 27.0 Å². The van der Waals surface area contributed by atoms with Crippen molar-refractivity contribution in [2.75, 3.05) is 68.9 Å². The van der Waals surface area contributed by atoms with Crippen molar-refractivity contribution in [3.63, 3.8) is 0 Å². The van der Waals surface area contributed by atoms with E-state index >= 15 is 0 Å². The van der Waals surface area contributed by atoms with Crippen LogP contribution < -0.4 is 37.1 Å². The Morgan fingerprint density at radius 1 is 0.417 bits per heavy atom. The zero-order valence-electron chi connectivity index (χ0n) is 66.0. The number of halogens is 8. The van der Waals surface area contributed by atoms with Crippen LogP contribution in [0.15, 0.2) is 297 Å². The van der Waals surface area contributed by atoms with Gasteiger partial charge >= 0.3 is 0 Å². The molecule has 0 aliphatic heterocycles. The topological polar surface area (TPSA) is 182 Å². The Balaban J connectivity index is 0.000000146. The highest BCUT2D eigenvalue weighted by atomic mass is 127. The van der Waals surface area contributed by atoms with Crippen molar-refractivity contribution in [3.8, 4) is 58.6 Å². The van der Waals surface area contributed by atoms with Gasteiger partial charge < -0.3 is 37.1 Å². The zero-order chi connectivity index (χ0) is 85.8.